The van der Waals surface area contributed by atoms with Crippen molar-refractivity contribution in [2.45, 2.75) is 31.8 Å². The molecule has 1 aromatic heterocycles. The predicted molar refractivity (Wildman–Crippen MR) is 82.5 cm³/mol. The SMILES string of the molecule is O=C([C@@H]1CCOC1)N1Cc2ccnn2[C@H](C(=O)N2CCCCO2)C1. The van der Waals surface area contributed by atoms with Crippen LogP contribution in [0.15, 0.2) is 12.3 Å². The number of hydroxylamine groups is 2. The average Bonchev–Trinajstić information content (AvgIpc) is 3.31. The third-order valence-corrected chi connectivity index (χ3v) is 4.92. The van der Waals surface area contributed by atoms with Crippen molar-refractivity contribution in [1.82, 2.24) is 19.7 Å². The molecule has 2 fully saturated rings. The highest BCUT2D eigenvalue weighted by Gasteiger charge is 2.38. The lowest BCUT2D eigenvalue weighted by Gasteiger charge is -2.37. The van der Waals surface area contributed by atoms with E-state index in [9.17, 15) is 9.59 Å². The van der Waals surface area contributed by atoms with Crippen LogP contribution in [0.3, 0.4) is 0 Å². The molecule has 2 saturated heterocycles. The van der Waals surface area contributed by atoms with Gasteiger partial charge in [-0.05, 0) is 25.3 Å². The van der Waals surface area contributed by atoms with Crippen molar-refractivity contribution in [1.29, 1.82) is 0 Å². The second-order valence-electron chi connectivity index (χ2n) is 6.54. The quantitative estimate of drug-likeness (QED) is 0.780. The first-order valence-corrected chi connectivity index (χ1v) is 8.57. The van der Waals surface area contributed by atoms with Crippen molar-refractivity contribution in [2.24, 2.45) is 5.92 Å². The van der Waals surface area contributed by atoms with Crippen molar-refractivity contribution in [3.05, 3.63) is 18.0 Å². The monoisotopic (exact) mass is 334 g/mol. The highest BCUT2D eigenvalue weighted by molar-refractivity contribution is 5.83. The number of carbonyl (C=O) groups excluding carboxylic acids is 2. The maximum Gasteiger partial charge on any atom is 0.272 e. The Morgan fingerprint density at radius 3 is 2.88 bits per heavy atom. The second-order valence-corrected chi connectivity index (χ2v) is 6.54. The third-order valence-electron chi connectivity index (χ3n) is 4.92. The van der Waals surface area contributed by atoms with Crippen molar-refractivity contribution in [3.63, 3.8) is 0 Å². The van der Waals surface area contributed by atoms with E-state index in [2.05, 4.69) is 5.10 Å². The van der Waals surface area contributed by atoms with Crippen LogP contribution in [0.1, 0.15) is 31.0 Å². The summed E-state index contributed by atoms with van der Waals surface area (Å²) in [4.78, 5) is 32.9. The van der Waals surface area contributed by atoms with Gasteiger partial charge < -0.3 is 9.64 Å². The molecule has 2 amide bonds. The van der Waals surface area contributed by atoms with E-state index >= 15 is 0 Å². The van der Waals surface area contributed by atoms with Crippen molar-refractivity contribution < 1.29 is 19.2 Å². The number of amides is 2. The Bertz CT molecular complexity index is 619. The van der Waals surface area contributed by atoms with Crippen LogP contribution in [0.5, 0.6) is 0 Å². The fraction of sp³-hybridized carbons (Fsp3) is 0.688. The van der Waals surface area contributed by atoms with Gasteiger partial charge in [0.25, 0.3) is 5.91 Å². The molecule has 0 aromatic carbocycles. The molecule has 8 heteroatoms. The Kier molecular flexibility index (Phi) is 4.24. The zero-order valence-electron chi connectivity index (χ0n) is 13.6. The Balaban J connectivity index is 1.54. The molecular weight excluding hydrogens is 312 g/mol. The number of ether oxygens (including phenoxy) is 1. The summed E-state index contributed by atoms with van der Waals surface area (Å²) in [7, 11) is 0. The molecule has 0 spiro atoms. The van der Waals surface area contributed by atoms with Gasteiger partial charge in [0, 0.05) is 19.3 Å². The molecule has 0 unspecified atom stereocenters. The fourth-order valence-corrected chi connectivity index (χ4v) is 3.57. The average molecular weight is 334 g/mol. The molecule has 3 aliphatic heterocycles. The van der Waals surface area contributed by atoms with E-state index < -0.39 is 6.04 Å². The minimum absolute atomic E-state index is 0.0670. The van der Waals surface area contributed by atoms with Crippen LogP contribution in [-0.2, 0) is 25.7 Å². The second kappa shape index (κ2) is 6.52. The Morgan fingerprint density at radius 2 is 2.12 bits per heavy atom. The largest absolute Gasteiger partial charge is 0.381 e. The highest BCUT2D eigenvalue weighted by atomic mass is 16.7. The highest BCUT2D eigenvalue weighted by Crippen LogP contribution is 2.26. The van der Waals surface area contributed by atoms with Crippen molar-refractivity contribution >= 4 is 11.8 Å². The summed E-state index contributed by atoms with van der Waals surface area (Å²) in [5.41, 5.74) is 0.879. The number of hydrogen-bond donors (Lipinski definition) is 0. The van der Waals surface area contributed by atoms with Crippen LogP contribution in [0.2, 0.25) is 0 Å². The Labute approximate surface area is 140 Å². The molecule has 130 valence electrons. The van der Waals surface area contributed by atoms with Gasteiger partial charge in [-0.15, -0.1) is 0 Å². The lowest BCUT2D eigenvalue weighted by molar-refractivity contribution is -0.201. The summed E-state index contributed by atoms with van der Waals surface area (Å²) in [6.45, 7) is 3.08. The normalized spacial score (nSPS) is 27.2. The van der Waals surface area contributed by atoms with Gasteiger partial charge in [-0.2, -0.15) is 5.10 Å². The van der Waals surface area contributed by atoms with Crippen LogP contribution in [-0.4, -0.2) is 64.5 Å². The molecule has 0 saturated carbocycles. The molecule has 8 nitrogen and oxygen atoms in total. The van der Waals surface area contributed by atoms with Crippen LogP contribution in [0.4, 0.5) is 0 Å². The van der Waals surface area contributed by atoms with Crippen LogP contribution >= 0.6 is 0 Å². The van der Waals surface area contributed by atoms with Gasteiger partial charge in [-0.25, -0.2) is 5.06 Å². The number of fused-ring (bicyclic) bond motifs is 1. The maximum atomic E-state index is 12.9. The zero-order chi connectivity index (χ0) is 16.5. The topological polar surface area (TPSA) is 76.9 Å². The maximum absolute atomic E-state index is 12.9. The van der Waals surface area contributed by atoms with Gasteiger partial charge in [-0.1, -0.05) is 0 Å². The minimum Gasteiger partial charge on any atom is -0.381 e. The van der Waals surface area contributed by atoms with Crippen LogP contribution in [0.25, 0.3) is 0 Å². The van der Waals surface area contributed by atoms with E-state index in [-0.39, 0.29) is 17.7 Å². The molecule has 0 radical (unpaired) electrons. The molecule has 0 bridgehead atoms. The number of carbonyl (C=O) groups is 2. The summed E-state index contributed by atoms with van der Waals surface area (Å²) in [6, 6.07) is 1.34. The molecule has 24 heavy (non-hydrogen) atoms. The zero-order valence-corrected chi connectivity index (χ0v) is 13.6. The molecule has 1 aromatic rings. The van der Waals surface area contributed by atoms with Gasteiger partial charge in [0.1, 0.15) is 0 Å². The van der Waals surface area contributed by atoms with Gasteiger partial charge in [0.05, 0.1) is 37.9 Å². The summed E-state index contributed by atoms with van der Waals surface area (Å²) >= 11 is 0. The van der Waals surface area contributed by atoms with Crippen molar-refractivity contribution in [2.75, 3.05) is 32.9 Å². The molecule has 2 atom stereocenters. The fourth-order valence-electron chi connectivity index (χ4n) is 3.57. The van der Waals surface area contributed by atoms with Crippen molar-refractivity contribution in [3.8, 4) is 0 Å². The first-order chi connectivity index (χ1) is 11.7. The molecular formula is C16H22N4O4. The minimum atomic E-state index is -0.520. The molecule has 0 N–H and O–H groups in total. The number of hydrogen-bond acceptors (Lipinski definition) is 5. The molecule has 3 aliphatic rings. The van der Waals surface area contributed by atoms with E-state index in [1.54, 1.807) is 15.8 Å². The van der Waals surface area contributed by atoms with Gasteiger partial charge in [-0.3, -0.25) is 19.1 Å². The van der Waals surface area contributed by atoms with Crippen LogP contribution < -0.4 is 0 Å². The summed E-state index contributed by atoms with van der Waals surface area (Å²) < 4.78 is 7.06. The molecule has 4 heterocycles. The van der Waals surface area contributed by atoms with E-state index in [0.29, 0.717) is 39.5 Å². The first-order valence-electron chi connectivity index (χ1n) is 8.57. The third kappa shape index (κ3) is 2.80. The lowest BCUT2D eigenvalue weighted by Crippen LogP contribution is -2.50. The summed E-state index contributed by atoms with van der Waals surface area (Å²) in [5.74, 6) is -0.154. The number of aromatic nitrogens is 2. The summed E-state index contributed by atoms with van der Waals surface area (Å²) in [5, 5.41) is 5.73. The van der Waals surface area contributed by atoms with Gasteiger partial charge in [0.15, 0.2) is 6.04 Å². The first kappa shape index (κ1) is 15.6. The van der Waals surface area contributed by atoms with Crippen LogP contribution in [0, 0.1) is 5.92 Å². The van der Waals surface area contributed by atoms with Gasteiger partial charge >= 0.3 is 0 Å². The standard InChI is InChI=1S/C16H22N4O4/c21-15(12-4-8-23-11-12)18-9-13-3-5-17-20(13)14(10-18)16(22)19-6-1-2-7-24-19/h3,5,12,14H,1-2,4,6-11H2/t12-,14+/m1/s1. The van der Waals surface area contributed by atoms with E-state index in [0.717, 1.165) is 25.0 Å². The number of rotatable bonds is 2. The predicted octanol–water partition coefficient (Wildman–Crippen LogP) is 0.357. The van der Waals surface area contributed by atoms with E-state index in [1.165, 1.54) is 5.06 Å². The number of nitrogens with zero attached hydrogens (tertiary/aromatic N) is 4. The molecule has 0 aliphatic carbocycles. The molecule has 4 rings (SSSR count). The van der Waals surface area contributed by atoms with Gasteiger partial charge in [0.2, 0.25) is 5.91 Å². The smallest absolute Gasteiger partial charge is 0.272 e. The lowest BCUT2D eigenvalue weighted by atomic mass is 10.1. The summed E-state index contributed by atoms with van der Waals surface area (Å²) in [6.07, 6.45) is 4.34. The van der Waals surface area contributed by atoms with E-state index in [4.69, 9.17) is 9.57 Å². The Hall–Kier alpha value is -1.93. The Morgan fingerprint density at radius 1 is 1.21 bits per heavy atom. The van der Waals surface area contributed by atoms with E-state index in [1.807, 2.05) is 6.07 Å².